The van der Waals surface area contributed by atoms with Crippen LogP contribution >= 0.6 is 11.6 Å². The average Bonchev–Trinajstić information content (AvgIpc) is 2.74. The molecule has 0 bridgehead atoms. The first kappa shape index (κ1) is 11.4. The number of nitrogens with zero attached hydrogens (tertiary/aromatic N) is 1. The number of halogens is 1. The summed E-state index contributed by atoms with van der Waals surface area (Å²) in [6.07, 6.45) is 2.10. The van der Waals surface area contributed by atoms with Crippen LogP contribution in [0.5, 0.6) is 0 Å². The monoisotopic (exact) mass is 255 g/mol. The summed E-state index contributed by atoms with van der Waals surface area (Å²) in [5, 5.41) is 1.93. The molecule has 1 heterocycles. The maximum absolute atomic E-state index is 6.19. The Labute approximate surface area is 112 Å². The Morgan fingerprint density at radius 1 is 1.06 bits per heavy atom. The molecule has 3 rings (SSSR count). The van der Waals surface area contributed by atoms with Crippen LogP contribution < -0.4 is 0 Å². The van der Waals surface area contributed by atoms with Gasteiger partial charge in [0.25, 0.3) is 0 Å². The lowest BCUT2D eigenvalue weighted by molar-refractivity contribution is 0.836. The van der Waals surface area contributed by atoms with E-state index in [-0.39, 0.29) is 0 Å². The van der Waals surface area contributed by atoms with Crippen LogP contribution in [0.1, 0.15) is 11.1 Å². The minimum atomic E-state index is 0.815. The predicted octanol–water partition coefficient (Wildman–Crippen LogP) is 4.65. The van der Waals surface area contributed by atoms with Crippen molar-refractivity contribution >= 4 is 22.5 Å². The van der Waals surface area contributed by atoms with Crippen LogP contribution in [0.15, 0.2) is 54.7 Å². The molecule has 0 aliphatic carbocycles. The van der Waals surface area contributed by atoms with Crippen molar-refractivity contribution in [3.8, 4) is 0 Å². The highest BCUT2D eigenvalue weighted by atomic mass is 35.5. The minimum Gasteiger partial charge on any atom is -0.343 e. The summed E-state index contributed by atoms with van der Waals surface area (Å²) >= 11 is 6.19. The Bertz CT molecular complexity index is 697. The second-order valence-electron chi connectivity index (χ2n) is 4.61. The van der Waals surface area contributed by atoms with E-state index in [9.17, 15) is 0 Å². The van der Waals surface area contributed by atoms with Crippen LogP contribution in [-0.2, 0) is 6.54 Å². The van der Waals surface area contributed by atoms with Gasteiger partial charge in [-0.25, -0.2) is 0 Å². The van der Waals surface area contributed by atoms with E-state index in [1.807, 2.05) is 12.1 Å². The largest absolute Gasteiger partial charge is 0.343 e. The van der Waals surface area contributed by atoms with Crippen molar-refractivity contribution in [1.29, 1.82) is 0 Å². The number of hydrogen-bond acceptors (Lipinski definition) is 0. The third kappa shape index (κ3) is 2.02. The molecule has 0 aliphatic rings. The van der Waals surface area contributed by atoms with E-state index < -0.39 is 0 Å². The van der Waals surface area contributed by atoms with E-state index in [4.69, 9.17) is 11.6 Å². The number of benzene rings is 2. The lowest BCUT2D eigenvalue weighted by Crippen LogP contribution is -1.97. The molecule has 0 radical (unpaired) electrons. The summed E-state index contributed by atoms with van der Waals surface area (Å²) in [4.78, 5) is 0. The van der Waals surface area contributed by atoms with Gasteiger partial charge in [-0.3, -0.25) is 0 Å². The predicted molar refractivity (Wildman–Crippen MR) is 77.2 cm³/mol. The third-order valence-corrected chi connectivity index (χ3v) is 3.53. The molecule has 1 aromatic heterocycles. The van der Waals surface area contributed by atoms with E-state index in [0.717, 1.165) is 17.0 Å². The van der Waals surface area contributed by atoms with Crippen molar-refractivity contribution in [2.24, 2.45) is 0 Å². The van der Waals surface area contributed by atoms with Gasteiger partial charge < -0.3 is 4.57 Å². The van der Waals surface area contributed by atoms with Crippen LogP contribution in [0, 0.1) is 6.92 Å². The topological polar surface area (TPSA) is 4.93 Å². The molecule has 0 saturated carbocycles. The standard InChI is InChI=1S/C16H14ClN/c1-12-4-2-5-13(10-12)11-18-9-8-14-15(17)6-3-7-16(14)18/h2-10H,11H2,1H3. The lowest BCUT2D eigenvalue weighted by Gasteiger charge is -2.06. The molecule has 0 aliphatic heterocycles. The Hall–Kier alpha value is -1.73. The normalized spacial score (nSPS) is 11.0. The van der Waals surface area contributed by atoms with E-state index in [1.54, 1.807) is 0 Å². The highest BCUT2D eigenvalue weighted by Gasteiger charge is 2.04. The molecule has 90 valence electrons. The van der Waals surface area contributed by atoms with Gasteiger partial charge in [-0.1, -0.05) is 47.5 Å². The zero-order chi connectivity index (χ0) is 12.5. The summed E-state index contributed by atoms with van der Waals surface area (Å²) in [5.74, 6) is 0. The molecule has 0 atom stereocenters. The van der Waals surface area contributed by atoms with Gasteiger partial charge >= 0.3 is 0 Å². The maximum Gasteiger partial charge on any atom is 0.0499 e. The molecule has 0 spiro atoms. The second kappa shape index (κ2) is 4.51. The van der Waals surface area contributed by atoms with Gasteiger partial charge in [0, 0.05) is 28.7 Å². The molecule has 0 N–H and O–H groups in total. The number of rotatable bonds is 2. The number of fused-ring (bicyclic) bond motifs is 1. The molecule has 2 heteroatoms. The van der Waals surface area contributed by atoms with Gasteiger partial charge in [0.15, 0.2) is 0 Å². The quantitative estimate of drug-likeness (QED) is 0.628. The summed E-state index contributed by atoms with van der Waals surface area (Å²) in [7, 11) is 0. The van der Waals surface area contributed by atoms with Gasteiger partial charge in [-0.05, 0) is 30.7 Å². The molecule has 2 aromatic carbocycles. The van der Waals surface area contributed by atoms with Crippen molar-refractivity contribution < 1.29 is 0 Å². The van der Waals surface area contributed by atoms with Crippen molar-refractivity contribution in [2.45, 2.75) is 13.5 Å². The Morgan fingerprint density at radius 3 is 2.72 bits per heavy atom. The lowest BCUT2D eigenvalue weighted by atomic mass is 10.1. The first-order valence-corrected chi connectivity index (χ1v) is 6.41. The molecule has 0 fully saturated rings. The maximum atomic E-state index is 6.19. The fraction of sp³-hybridized carbons (Fsp3) is 0.125. The van der Waals surface area contributed by atoms with Crippen LogP contribution in [-0.4, -0.2) is 4.57 Å². The number of aromatic nitrogens is 1. The molecule has 18 heavy (non-hydrogen) atoms. The molecule has 0 amide bonds. The molecule has 0 unspecified atom stereocenters. The number of hydrogen-bond donors (Lipinski definition) is 0. The highest BCUT2D eigenvalue weighted by Crippen LogP contribution is 2.24. The van der Waals surface area contributed by atoms with Crippen LogP contribution in [0.3, 0.4) is 0 Å². The van der Waals surface area contributed by atoms with E-state index in [2.05, 4.69) is 54.1 Å². The van der Waals surface area contributed by atoms with Crippen molar-refractivity contribution in [3.63, 3.8) is 0 Å². The first-order valence-electron chi connectivity index (χ1n) is 6.03. The number of aryl methyl sites for hydroxylation is 1. The minimum absolute atomic E-state index is 0.815. The Morgan fingerprint density at radius 2 is 1.89 bits per heavy atom. The third-order valence-electron chi connectivity index (χ3n) is 3.20. The van der Waals surface area contributed by atoms with E-state index in [1.165, 1.54) is 16.6 Å². The average molecular weight is 256 g/mol. The van der Waals surface area contributed by atoms with E-state index in [0.29, 0.717) is 0 Å². The zero-order valence-electron chi connectivity index (χ0n) is 10.2. The van der Waals surface area contributed by atoms with Gasteiger partial charge in [0.05, 0.1) is 0 Å². The van der Waals surface area contributed by atoms with Crippen LogP contribution in [0.4, 0.5) is 0 Å². The molecule has 3 aromatic rings. The smallest absolute Gasteiger partial charge is 0.0499 e. The fourth-order valence-corrected chi connectivity index (χ4v) is 2.56. The second-order valence-corrected chi connectivity index (χ2v) is 5.01. The molecule has 0 saturated heterocycles. The zero-order valence-corrected chi connectivity index (χ0v) is 11.0. The van der Waals surface area contributed by atoms with E-state index >= 15 is 0 Å². The van der Waals surface area contributed by atoms with Gasteiger partial charge in [0.1, 0.15) is 0 Å². The van der Waals surface area contributed by atoms with Gasteiger partial charge in [-0.2, -0.15) is 0 Å². The Balaban J connectivity index is 2.03. The summed E-state index contributed by atoms with van der Waals surface area (Å²) in [6.45, 7) is 3.00. The molecular formula is C16H14ClN. The van der Waals surface area contributed by atoms with Crippen molar-refractivity contribution in [3.05, 3.63) is 70.9 Å². The highest BCUT2D eigenvalue weighted by molar-refractivity contribution is 6.35. The SMILES string of the molecule is Cc1cccc(Cn2ccc3c(Cl)cccc32)c1. The summed E-state index contributed by atoms with van der Waals surface area (Å²) in [6, 6.07) is 16.7. The summed E-state index contributed by atoms with van der Waals surface area (Å²) in [5.41, 5.74) is 3.79. The van der Waals surface area contributed by atoms with Gasteiger partial charge in [0.2, 0.25) is 0 Å². The first-order chi connectivity index (χ1) is 8.74. The van der Waals surface area contributed by atoms with Crippen LogP contribution in [0.25, 0.3) is 10.9 Å². The molecular weight excluding hydrogens is 242 g/mol. The molecule has 1 nitrogen and oxygen atoms in total. The fourth-order valence-electron chi connectivity index (χ4n) is 2.33. The summed E-state index contributed by atoms with van der Waals surface area (Å²) < 4.78 is 2.23. The Kier molecular flexibility index (Phi) is 2.85. The van der Waals surface area contributed by atoms with Crippen molar-refractivity contribution in [2.75, 3.05) is 0 Å². The van der Waals surface area contributed by atoms with Crippen LogP contribution in [0.2, 0.25) is 5.02 Å². The van der Waals surface area contributed by atoms with Gasteiger partial charge in [-0.15, -0.1) is 0 Å². The van der Waals surface area contributed by atoms with Crippen molar-refractivity contribution in [1.82, 2.24) is 4.57 Å².